The van der Waals surface area contributed by atoms with Gasteiger partial charge in [0.15, 0.2) is 0 Å². The molecular weight excluding hydrogens is 319 g/mol. The summed E-state index contributed by atoms with van der Waals surface area (Å²) in [7, 11) is 1.84. The van der Waals surface area contributed by atoms with Gasteiger partial charge in [0.1, 0.15) is 11.6 Å². The Hall–Kier alpha value is -2.73. The van der Waals surface area contributed by atoms with Crippen molar-refractivity contribution in [2.24, 2.45) is 12.8 Å². The van der Waals surface area contributed by atoms with Gasteiger partial charge in [-0.25, -0.2) is 9.37 Å². The zero-order chi connectivity index (χ0) is 17.8. The van der Waals surface area contributed by atoms with Crippen LogP contribution in [0.5, 0.6) is 0 Å². The van der Waals surface area contributed by atoms with Gasteiger partial charge in [-0.3, -0.25) is 4.79 Å². The van der Waals surface area contributed by atoms with Gasteiger partial charge in [-0.15, -0.1) is 0 Å². The molecule has 0 aliphatic rings. The summed E-state index contributed by atoms with van der Waals surface area (Å²) in [5, 5.41) is 2.84. The first-order valence-corrected chi connectivity index (χ1v) is 8.22. The van der Waals surface area contributed by atoms with Crippen LogP contribution in [0.2, 0.25) is 0 Å². The van der Waals surface area contributed by atoms with Crippen molar-refractivity contribution in [3.8, 4) is 0 Å². The van der Waals surface area contributed by atoms with Gasteiger partial charge in [-0.05, 0) is 30.2 Å². The van der Waals surface area contributed by atoms with Crippen molar-refractivity contribution in [1.29, 1.82) is 0 Å². The van der Waals surface area contributed by atoms with Crippen molar-refractivity contribution >= 4 is 16.9 Å². The molecule has 1 heterocycles. The largest absolute Gasteiger partial charge is 0.354 e. The van der Waals surface area contributed by atoms with E-state index < -0.39 is 6.04 Å². The van der Waals surface area contributed by atoms with Crippen LogP contribution in [0.4, 0.5) is 4.39 Å². The van der Waals surface area contributed by atoms with E-state index in [1.807, 2.05) is 41.9 Å². The highest BCUT2D eigenvalue weighted by Crippen LogP contribution is 2.16. The fourth-order valence-electron chi connectivity index (χ4n) is 2.83. The molecule has 0 radical (unpaired) electrons. The van der Waals surface area contributed by atoms with Crippen LogP contribution in [-0.4, -0.2) is 28.0 Å². The normalized spacial score (nSPS) is 12.3. The minimum Gasteiger partial charge on any atom is -0.354 e. The van der Waals surface area contributed by atoms with Gasteiger partial charge in [0.05, 0.1) is 17.1 Å². The van der Waals surface area contributed by atoms with E-state index in [0.717, 1.165) is 22.4 Å². The Morgan fingerprint density at radius 1 is 1.28 bits per heavy atom. The molecule has 0 aliphatic carbocycles. The number of nitrogens with two attached hydrogens (primary N) is 1. The van der Waals surface area contributed by atoms with E-state index in [2.05, 4.69) is 10.3 Å². The van der Waals surface area contributed by atoms with Gasteiger partial charge >= 0.3 is 0 Å². The summed E-state index contributed by atoms with van der Waals surface area (Å²) < 4.78 is 15.2. The molecule has 0 saturated carbocycles. The van der Waals surface area contributed by atoms with Crippen LogP contribution in [0.25, 0.3) is 11.0 Å². The number of halogens is 1. The molecule has 25 heavy (non-hydrogen) atoms. The van der Waals surface area contributed by atoms with Crippen LogP contribution >= 0.6 is 0 Å². The highest BCUT2D eigenvalue weighted by molar-refractivity contribution is 5.81. The van der Waals surface area contributed by atoms with E-state index >= 15 is 0 Å². The lowest BCUT2D eigenvalue weighted by atomic mass is 10.1. The number of fused-ring (bicyclic) bond motifs is 1. The topological polar surface area (TPSA) is 72.9 Å². The first-order chi connectivity index (χ1) is 12.0. The molecule has 6 heteroatoms. The van der Waals surface area contributed by atoms with Gasteiger partial charge in [-0.2, -0.15) is 0 Å². The number of imidazole rings is 1. The molecule has 0 fully saturated rings. The molecule has 1 amide bonds. The Labute approximate surface area is 145 Å². The lowest BCUT2D eigenvalue weighted by molar-refractivity contribution is -0.122. The predicted molar refractivity (Wildman–Crippen MR) is 95.5 cm³/mol. The first kappa shape index (κ1) is 17.1. The number of benzene rings is 2. The van der Waals surface area contributed by atoms with E-state index in [1.54, 1.807) is 6.07 Å². The predicted octanol–water partition coefficient (Wildman–Crippen LogP) is 1.94. The standard InChI is InChI=1S/C19H21FN4O/c1-24-17-12-14(20)7-8-16(17)23-18(24)9-10-22-19(25)15(21)11-13-5-3-2-4-6-13/h2-8,12,15H,9-11,21H2,1H3,(H,22,25). The maximum Gasteiger partial charge on any atom is 0.237 e. The van der Waals surface area contributed by atoms with Crippen molar-refractivity contribution in [3.63, 3.8) is 0 Å². The van der Waals surface area contributed by atoms with Crippen molar-refractivity contribution in [2.75, 3.05) is 6.54 Å². The Bertz CT molecular complexity index is 876. The lowest BCUT2D eigenvalue weighted by Crippen LogP contribution is -2.42. The molecule has 3 aromatic rings. The summed E-state index contributed by atoms with van der Waals surface area (Å²) in [5.74, 6) is 0.313. The number of carbonyl (C=O) groups excluding carboxylic acids is 1. The molecule has 0 spiro atoms. The second-order valence-electron chi connectivity index (χ2n) is 6.06. The summed E-state index contributed by atoms with van der Waals surface area (Å²) in [6, 6.07) is 13.6. The number of nitrogens with one attached hydrogen (secondary N) is 1. The van der Waals surface area contributed by atoms with Crippen LogP contribution < -0.4 is 11.1 Å². The molecular formula is C19H21FN4O. The Kier molecular flexibility index (Phi) is 5.09. The van der Waals surface area contributed by atoms with E-state index in [1.165, 1.54) is 12.1 Å². The fourth-order valence-corrected chi connectivity index (χ4v) is 2.83. The summed E-state index contributed by atoms with van der Waals surface area (Å²) in [6.45, 7) is 0.432. The number of carbonyl (C=O) groups is 1. The van der Waals surface area contributed by atoms with Gasteiger partial charge in [0.2, 0.25) is 5.91 Å². The second-order valence-corrected chi connectivity index (χ2v) is 6.06. The zero-order valence-electron chi connectivity index (χ0n) is 14.1. The monoisotopic (exact) mass is 340 g/mol. The summed E-state index contributed by atoms with van der Waals surface area (Å²) in [6.07, 6.45) is 1.05. The first-order valence-electron chi connectivity index (χ1n) is 8.22. The molecule has 0 bridgehead atoms. The molecule has 130 valence electrons. The van der Waals surface area contributed by atoms with E-state index in [-0.39, 0.29) is 11.7 Å². The lowest BCUT2D eigenvalue weighted by Gasteiger charge is -2.12. The van der Waals surface area contributed by atoms with Gasteiger partial charge in [-0.1, -0.05) is 30.3 Å². The van der Waals surface area contributed by atoms with Gasteiger partial charge < -0.3 is 15.6 Å². The fraction of sp³-hybridized carbons (Fsp3) is 0.263. The highest BCUT2D eigenvalue weighted by atomic mass is 19.1. The van der Waals surface area contributed by atoms with Crippen molar-refractivity contribution in [2.45, 2.75) is 18.9 Å². The van der Waals surface area contributed by atoms with Crippen LogP contribution in [0.1, 0.15) is 11.4 Å². The molecule has 1 aromatic heterocycles. The van der Waals surface area contributed by atoms with Crippen LogP contribution in [0.3, 0.4) is 0 Å². The number of aromatic nitrogens is 2. The molecule has 0 aliphatic heterocycles. The molecule has 2 aromatic carbocycles. The van der Waals surface area contributed by atoms with Crippen LogP contribution in [-0.2, 0) is 24.7 Å². The van der Waals surface area contributed by atoms with Gasteiger partial charge in [0.25, 0.3) is 0 Å². The summed E-state index contributed by atoms with van der Waals surface area (Å²) in [5.41, 5.74) is 8.47. The van der Waals surface area contributed by atoms with Crippen LogP contribution in [0.15, 0.2) is 48.5 Å². The summed E-state index contributed by atoms with van der Waals surface area (Å²) in [4.78, 5) is 16.6. The van der Waals surface area contributed by atoms with Crippen molar-refractivity contribution in [3.05, 3.63) is 65.7 Å². The quantitative estimate of drug-likeness (QED) is 0.720. The van der Waals surface area contributed by atoms with Crippen LogP contribution in [0, 0.1) is 5.82 Å². The number of hydrogen-bond donors (Lipinski definition) is 2. The number of aryl methyl sites for hydroxylation is 1. The van der Waals surface area contributed by atoms with E-state index in [4.69, 9.17) is 5.73 Å². The molecule has 3 N–H and O–H groups in total. The van der Waals surface area contributed by atoms with E-state index in [9.17, 15) is 9.18 Å². The number of hydrogen-bond acceptors (Lipinski definition) is 3. The molecule has 0 saturated heterocycles. The SMILES string of the molecule is Cn1c(CCNC(=O)C(N)Cc2ccccc2)nc2ccc(F)cc21. The molecule has 1 unspecified atom stereocenters. The average Bonchev–Trinajstić information content (AvgIpc) is 2.91. The average molecular weight is 340 g/mol. The van der Waals surface area contributed by atoms with Crippen molar-refractivity contribution in [1.82, 2.24) is 14.9 Å². The van der Waals surface area contributed by atoms with Crippen molar-refractivity contribution < 1.29 is 9.18 Å². The summed E-state index contributed by atoms with van der Waals surface area (Å²) >= 11 is 0. The Morgan fingerprint density at radius 3 is 2.80 bits per heavy atom. The third-order valence-electron chi connectivity index (χ3n) is 4.22. The Balaban J connectivity index is 1.55. The zero-order valence-corrected chi connectivity index (χ0v) is 14.1. The molecule has 5 nitrogen and oxygen atoms in total. The highest BCUT2D eigenvalue weighted by Gasteiger charge is 2.14. The smallest absolute Gasteiger partial charge is 0.237 e. The van der Waals surface area contributed by atoms with E-state index in [0.29, 0.717) is 19.4 Å². The minimum absolute atomic E-state index is 0.186. The number of amides is 1. The number of nitrogens with zero attached hydrogens (tertiary/aromatic N) is 2. The molecule has 1 atom stereocenters. The maximum absolute atomic E-state index is 13.3. The molecule has 3 rings (SSSR count). The minimum atomic E-state index is -0.586. The second kappa shape index (κ2) is 7.44. The maximum atomic E-state index is 13.3. The van der Waals surface area contributed by atoms with Gasteiger partial charge in [0, 0.05) is 20.0 Å². The third-order valence-corrected chi connectivity index (χ3v) is 4.22. The number of rotatable bonds is 6. The third kappa shape index (κ3) is 4.03. The Morgan fingerprint density at radius 2 is 2.04 bits per heavy atom.